The summed E-state index contributed by atoms with van der Waals surface area (Å²) in [5.74, 6) is -0.825. The van der Waals surface area contributed by atoms with Crippen LogP contribution in [0.3, 0.4) is 0 Å². The summed E-state index contributed by atoms with van der Waals surface area (Å²) in [6.07, 6.45) is 3.45. The third-order valence-corrected chi connectivity index (χ3v) is 5.32. The van der Waals surface area contributed by atoms with Crippen LogP contribution in [0.1, 0.15) is 11.1 Å². The van der Waals surface area contributed by atoms with E-state index in [2.05, 4.69) is 9.97 Å². The van der Waals surface area contributed by atoms with Gasteiger partial charge in [0.15, 0.2) is 10.2 Å². The molecule has 0 amide bonds. The van der Waals surface area contributed by atoms with Crippen LogP contribution in [0.15, 0.2) is 22.7 Å². The summed E-state index contributed by atoms with van der Waals surface area (Å²) in [4.78, 5) is 7.94. The Kier molecular flexibility index (Phi) is 3.88. The lowest BCUT2D eigenvalue weighted by Gasteiger charge is -2.09. The van der Waals surface area contributed by atoms with Gasteiger partial charge in [-0.15, -0.1) is 11.3 Å². The Hall–Kier alpha value is -1.93. The number of benzene rings is 1. The summed E-state index contributed by atoms with van der Waals surface area (Å²) in [7, 11) is 0. The van der Waals surface area contributed by atoms with E-state index in [1.165, 1.54) is 18.0 Å². The molecule has 1 aromatic carbocycles. The number of nitrogens with two attached hydrogens (primary N) is 2. The van der Waals surface area contributed by atoms with Crippen molar-refractivity contribution in [2.45, 2.75) is 10.8 Å². The second-order valence-electron chi connectivity index (χ2n) is 4.64. The van der Waals surface area contributed by atoms with Gasteiger partial charge < -0.3 is 11.5 Å². The Morgan fingerprint density at radius 1 is 1.27 bits per heavy atom. The predicted octanol–water partition coefficient (Wildman–Crippen LogP) is 3.45. The first-order chi connectivity index (χ1) is 10.5. The molecule has 2 aromatic heterocycles. The molecule has 0 aliphatic carbocycles. The maximum absolute atomic E-state index is 14.6. The van der Waals surface area contributed by atoms with Crippen LogP contribution in [0.5, 0.6) is 0 Å². The molecule has 0 spiro atoms. The van der Waals surface area contributed by atoms with Crippen molar-refractivity contribution in [1.29, 1.82) is 0 Å². The van der Waals surface area contributed by atoms with Gasteiger partial charge in [-0.05, 0) is 29.5 Å². The number of aromatic nitrogens is 2. The van der Waals surface area contributed by atoms with Crippen LogP contribution in [0.4, 0.5) is 20.3 Å². The number of thioether (sulfide) groups is 1. The number of pyridine rings is 1. The van der Waals surface area contributed by atoms with Gasteiger partial charge >= 0.3 is 0 Å². The van der Waals surface area contributed by atoms with Gasteiger partial charge in [0.2, 0.25) is 0 Å². The lowest BCUT2D eigenvalue weighted by atomic mass is 10.0. The summed E-state index contributed by atoms with van der Waals surface area (Å²) >= 11 is 2.49. The number of anilines is 2. The molecular weight excluding hydrogens is 326 g/mol. The minimum absolute atomic E-state index is 0.0674. The minimum Gasteiger partial charge on any atom is -0.396 e. The standard InChI is InChI=1S/C14H12F2N4S2/c1-21-14-20-11-8(15)5-7(9(16)12(11)22-14)4-6-2-3-19-13(18)10(6)17/h2-3,5H,4,17H2,1H3,(H2,18,19). The number of thiazole rings is 1. The van der Waals surface area contributed by atoms with E-state index in [-0.39, 0.29) is 33.7 Å². The zero-order chi connectivity index (χ0) is 15.9. The highest BCUT2D eigenvalue weighted by atomic mass is 32.2. The molecule has 0 fully saturated rings. The van der Waals surface area contributed by atoms with Crippen LogP contribution >= 0.6 is 23.1 Å². The summed E-state index contributed by atoms with van der Waals surface area (Å²) < 4.78 is 29.6. The molecule has 4 N–H and O–H groups in total. The van der Waals surface area contributed by atoms with E-state index in [9.17, 15) is 8.78 Å². The average Bonchev–Trinajstić information content (AvgIpc) is 2.94. The molecule has 0 bridgehead atoms. The predicted molar refractivity (Wildman–Crippen MR) is 87.2 cm³/mol. The highest BCUT2D eigenvalue weighted by molar-refractivity contribution is 8.00. The summed E-state index contributed by atoms with van der Waals surface area (Å²) in [5.41, 5.74) is 12.7. The van der Waals surface area contributed by atoms with Gasteiger partial charge in [-0.3, -0.25) is 0 Å². The molecule has 0 saturated heterocycles. The number of nitrogen functional groups attached to an aromatic ring is 2. The number of fused-ring (bicyclic) bond motifs is 1. The Morgan fingerprint density at radius 3 is 2.77 bits per heavy atom. The van der Waals surface area contributed by atoms with Crippen molar-refractivity contribution < 1.29 is 8.78 Å². The van der Waals surface area contributed by atoms with Gasteiger partial charge in [0, 0.05) is 12.6 Å². The molecular formula is C14H12F2N4S2. The summed E-state index contributed by atoms with van der Waals surface area (Å²) in [6.45, 7) is 0. The summed E-state index contributed by atoms with van der Waals surface area (Å²) in [5, 5.41) is 0. The Labute approximate surface area is 133 Å². The zero-order valence-corrected chi connectivity index (χ0v) is 13.2. The van der Waals surface area contributed by atoms with Crippen LogP contribution in [0.2, 0.25) is 0 Å². The van der Waals surface area contributed by atoms with E-state index in [4.69, 9.17) is 11.5 Å². The molecule has 22 heavy (non-hydrogen) atoms. The van der Waals surface area contributed by atoms with Gasteiger partial charge in [0.1, 0.15) is 17.2 Å². The molecule has 3 rings (SSSR count). The van der Waals surface area contributed by atoms with E-state index in [1.54, 1.807) is 6.07 Å². The van der Waals surface area contributed by atoms with Crippen molar-refractivity contribution >= 4 is 44.8 Å². The quantitative estimate of drug-likeness (QED) is 0.715. The summed E-state index contributed by atoms with van der Waals surface area (Å²) in [6, 6.07) is 2.81. The fourth-order valence-corrected chi connectivity index (χ4v) is 3.69. The van der Waals surface area contributed by atoms with Crippen LogP contribution in [0.25, 0.3) is 10.2 Å². The Balaban J connectivity index is 2.11. The second-order valence-corrected chi connectivity index (χ2v) is 6.69. The second kappa shape index (κ2) is 5.69. The molecule has 8 heteroatoms. The number of hydrogen-bond acceptors (Lipinski definition) is 6. The molecule has 2 heterocycles. The lowest BCUT2D eigenvalue weighted by molar-refractivity contribution is 0.606. The molecule has 0 atom stereocenters. The van der Waals surface area contributed by atoms with Crippen LogP contribution in [0, 0.1) is 11.6 Å². The minimum atomic E-state index is -0.538. The van der Waals surface area contributed by atoms with Crippen LogP contribution < -0.4 is 11.5 Å². The highest BCUT2D eigenvalue weighted by Crippen LogP contribution is 2.34. The van der Waals surface area contributed by atoms with Gasteiger partial charge in [-0.1, -0.05) is 11.8 Å². The molecule has 0 radical (unpaired) electrons. The fraction of sp³-hybridized carbons (Fsp3) is 0.143. The van der Waals surface area contributed by atoms with E-state index in [1.807, 2.05) is 6.26 Å². The number of hydrogen-bond donors (Lipinski definition) is 2. The first-order valence-corrected chi connectivity index (χ1v) is 8.35. The molecule has 0 unspecified atom stereocenters. The van der Waals surface area contributed by atoms with Crippen molar-refractivity contribution in [3.63, 3.8) is 0 Å². The molecule has 0 aliphatic rings. The van der Waals surface area contributed by atoms with Gasteiger partial charge in [-0.25, -0.2) is 18.7 Å². The molecule has 0 saturated carbocycles. The van der Waals surface area contributed by atoms with Gasteiger partial charge in [-0.2, -0.15) is 0 Å². The van der Waals surface area contributed by atoms with Crippen molar-refractivity contribution in [3.05, 3.63) is 41.1 Å². The van der Waals surface area contributed by atoms with Crippen LogP contribution in [-0.4, -0.2) is 16.2 Å². The third-order valence-electron chi connectivity index (χ3n) is 3.28. The van der Waals surface area contributed by atoms with E-state index in [0.717, 1.165) is 17.4 Å². The maximum Gasteiger partial charge on any atom is 0.151 e. The van der Waals surface area contributed by atoms with E-state index in [0.29, 0.717) is 9.90 Å². The molecule has 114 valence electrons. The fourth-order valence-electron chi connectivity index (χ4n) is 2.15. The van der Waals surface area contributed by atoms with Crippen molar-refractivity contribution in [1.82, 2.24) is 9.97 Å². The number of halogens is 2. The van der Waals surface area contributed by atoms with Gasteiger partial charge in [0.25, 0.3) is 0 Å². The lowest BCUT2D eigenvalue weighted by Crippen LogP contribution is -2.04. The highest BCUT2D eigenvalue weighted by Gasteiger charge is 2.18. The maximum atomic E-state index is 14.6. The SMILES string of the molecule is CSc1nc2c(F)cc(Cc3ccnc(N)c3N)c(F)c2s1. The Morgan fingerprint density at radius 2 is 2.05 bits per heavy atom. The Bertz CT molecular complexity index is 864. The van der Waals surface area contributed by atoms with E-state index >= 15 is 0 Å². The van der Waals surface area contributed by atoms with Crippen molar-refractivity contribution in [2.75, 3.05) is 17.7 Å². The molecule has 4 nitrogen and oxygen atoms in total. The largest absolute Gasteiger partial charge is 0.396 e. The average molecular weight is 338 g/mol. The first-order valence-electron chi connectivity index (χ1n) is 6.31. The number of nitrogens with zero attached hydrogens (tertiary/aromatic N) is 2. The molecule has 0 aliphatic heterocycles. The van der Waals surface area contributed by atoms with Crippen molar-refractivity contribution in [2.24, 2.45) is 0 Å². The third kappa shape index (κ3) is 2.48. The topological polar surface area (TPSA) is 77.8 Å². The monoisotopic (exact) mass is 338 g/mol. The van der Waals surface area contributed by atoms with Gasteiger partial charge in [0.05, 0.1) is 10.4 Å². The van der Waals surface area contributed by atoms with E-state index < -0.39 is 11.6 Å². The smallest absolute Gasteiger partial charge is 0.151 e. The van der Waals surface area contributed by atoms with Crippen molar-refractivity contribution in [3.8, 4) is 0 Å². The first kappa shape index (κ1) is 15.0. The number of rotatable bonds is 3. The normalized spacial score (nSPS) is 11.2. The van der Waals surface area contributed by atoms with Crippen LogP contribution in [-0.2, 0) is 6.42 Å². The molecule has 3 aromatic rings. The zero-order valence-electron chi connectivity index (χ0n) is 11.6.